The molecule has 2 aliphatic heterocycles. The number of hydrogen-bond donors (Lipinski definition) is 1. The van der Waals surface area contributed by atoms with E-state index in [0.29, 0.717) is 0 Å². The molecule has 0 radical (unpaired) electrons. The van der Waals surface area contributed by atoms with Crippen LogP contribution in [0.3, 0.4) is 0 Å². The van der Waals surface area contributed by atoms with Gasteiger partial charge < -0.3 is 18.9 Å². The summed E-state index contributed by atoms with van der Waals surface area (Å²) in [7, 11) is 0. The fourth-order valence-electron chi connectivity index (χ4n) is 2.86. The highest BCUT2D eigenvalue weighted by Crippen LogP contribution is 2.39. The number of fused-ring (bicyclic) bond motifs is 1. The molecular weight excluding hydrogens is 420 g/mol. The van der Waals surface area contributed by atoms with E-state index in [-0.39, 0.29) is 4.47 Å². The molecule has 0 spiro atoms. The van der Waals surface area contributed by atoms with Gasteiger partial charge in [-0.15, -0.1) is 0 Å². The summed E-state index contributed by atoms with van der Waals surface area (Å²) in [5, 5.41) is 0. The second kappa shape index (κ2) is 6.68. The van der Waals surface area contributed by atoms with Crippen LogP contribution in [0, 0.1) is 0 Å². The van der Waals surface area contributed by atoms with Crippen LogP contribution in [0.5, 0.6) is 0 Å². The summed E-state index contributed by atoms with van der Waals surface area (Å²) in [6.45, 7) is 2.25. The Hall–Kier alpha value is -2.47. The molecule has 1 aromatic heterocycles. The summed E-state index contributed by atoms with van der Waals surface area (Å²) >= 11 is 2.99. The number of ether oxygens (including phenoxy) is 4. The molecule has 26 heavy (non-hydrogen) atoms. The van der Waals surface area contributed by atoms with Crippen molar-refractivity contribution in [3.63, 3.8) is 0 Å². The van der Waals surface area contributed by atoms with E-state index in [2.05, 4.69) is 20.9 Å². The predicted molar refractivity (Wildman–Crippen MR) is 83.9 cm³/mol. The molecule has 2 saturated heterocycles. The summed E-state index contributed by atoms with van der Waals surface area (Å²) in [5.41, 5.74) is -1.48. The van der Waals surface area contributed by atoms with Crippen LogP contribution in [0.1, 0.15) is 20.1 Å². The molecule has 0 aliphatic carbocycles. The molecule has 1 aromatic rings. The van der Waals surface area contributed by atoms with Crippen molar-refractivity contribution >= 4 is 33.8 Å². The van der Waals surface area contributed by atoms with Gasteiger partial charge in [-0.1, -0.05) is 0 Å². The number of hydrogen-bond acceptors (Lipinski definition) is 9. The Kier molecular flexibility index (Phi) is 4.71. The van der Waals surface area contributed by atoms with Gasteiger partial charge in [-0.3, -0.25) is 23.9 Å². The Morgan fingerprint density at radius 3 is 2.42 bits per heavy atom. The van der Waals surface area contributed by atoms with Gasteiger partial charge in [0.2, 0.25) is 6.10 Å². The van der Waals surface area contributed by atoms with Gasteiger partial charge in [0.15, 0.2) is 18.4 Å². The summed E-state index contributed by atoms with van der Waals surface area (Å²) in [4.78, 5) is 60.3. The van der Waals surface area contributed by atoms with E-state index in [0.717, 1.165) is 24.6 Å². The van der Waals surface area contributed by atoms with Gasteiger partial charge in [-0.25, -0.2) is 9.59 Å². The van der Waals surface area contributed by atoms with Crippen LogP contribution in [0.2, 0.25) is 0 Å². The highest BCUT2D eigenvalue weighted by molar-refractivity contribution is 9.10. The number of carbonyl (C=O) groups excluding carboxylic acids is 3. The van der Waals surface area contributed by atoms with Crippen molar-refractivity contribution in [3.05, 3.63) is 31.5 Å². The normalized spacial score (nSPS) is 29.8. The Morgan fingerprint density at radius 2 is 1.81 bits per heavy atom. The molecule has 3 heterocycles. The van der Waals surface area contributed by atoms with Crippen LogP contribution in [-0.4, -0.2) is 51.9 Å². The Morgan fingerprint density at radius 1 is 1.15 bits per heavy atom. The first kappa shape index (κ1) is 18.3. The van der Waals surface area contributed by atoms with E-state index >= 15 is 0 Å². The van der Waals surface area contributed by atoms with Crippen molar-refractivity contribution in [2.75, 3.05) is 0 Å². The van der Waals surface area contributed by atoms with Gasteiger partial charge >= 0.3 is 23.6 Å². The summed E-state index contributed by atoms with van der Waals surface area (Å²) < 4.78 is 21.9. The molecule has 5 atom stereocenters. The third-order valence-electron chi connectivity index (χ3n) is 3.80. The lowest BCUT2D eigenvalue weighted by atomic mass is 10.1. The molecule has 12 heteroatoms. The number of aromatic nitrogens is 2. The van der Waals surface area contributed by atoms with Gasteiger partial charge in [-0.2, -0.15) is 0 Å². The van der Waals surface area contributed by atoms with Crippen molar-refractivity contribution < 1.29 is 33.3 Å². The van der Waals surface area contributed by atoms with Gasteiger partial charge in [0.1, 0.15) is 6.10 Å². The maximum Gasteiger partial charge on any atom is 0.350 e. The Bertz CT molecular complexity index is 891. The van der Waals surface area contributed by atoms with E-state index in [1.54, 1.807) is 0 Å². The van der Waals surface area contributed by atoms with Crippen LogP contribution < -0.4 is 11.2 Å². The lowest BCUT2D eigenvalue weighted by Gasteiger charge is -2.23. The Balaban J connectivity index is 2.01. The minimum Gasteiger partial charge on any atom is -0.454 e. The monoisotopic (exact) mass is 432 g/mol. The minimum absolute atomic E-state index is 0.0351. The number of H-pyrrole nitrogens is 1. The number of nitrogens with one attached hydrogen (secondary N) is 1. The maximum atomic E-state index is 12.1. The predicted octanol–water partition coefficient (Wildman–Crippen LogP) is -1.01. The lowest BCUT2D eigenvalue weighted by molar-refractivity contribution is -0.174. The molecule has 0 amide bonds. The molecule has 0 bridgehead atoms. The van der Waals surface area contributed by atoms with E-state index in [9.17, 15) is 24.0 Å². The highest BCUT2D eigenvalue weighted by atomic mass is 79.9. The van der Waals surface area contributed by atoms with Crippen LogP contribution in [0.25, 0.3) is 0 Å². The van der Waals surface area contributed by atoms with Crippen molar-refractivity contribution in [1.29, 1.82) is 0 Å². The number of carbonyl (C=O) groups is 3. The average molecular weight is 433 g/mol. The molecule has 1 N–H and O–H groups in total. The molecule has 0 unspecified atom stereocenters. The van der Waals surface area contributed by atoms with Gasteiger partial charge in [-0.05, 0) is 15.9 Å². The number of rotatable bonds is 3. The summed E-state index contributed by atoms with van der Waals surface area (Å²) in [6, 6.07) is 0. The molecule has 11 nitrogen and oxygen atoms in total. The first-order valence-electron chi connectivity index (χ1n) is 7.40. The largest absolute Gasteiger partial charge is 0.454 e. The zero-order valence-electron chi connectivity index (χ0n) is 13.5. The van der Waals surface area contributed by atoms with Crippen molar-refractivity contribution in [2.45, 2.75) is 44.5 Å². The third-order valence-corrected chi connectivity index (χ3v) is 4.37. The zero-order chi connectivity index (χ0) is 19.2. The van der Waals surface area contributed by atoms with Crippen LogP contribution in [0.4, 0.5) is 0 Å². The fraction of sp³-hybridized carbons (Fsp3) is 0.500. The van der Waals surface area contributed by atoms with Crippen molar-refractivity contribution in [3.8, 4) is 0 Å². The SMILES string of the molecule is CC(=O)O[C@H]1[C@@H]2OC(=O)[C@@H](OC(C)=O)[C@H]2O[C@@H]1n1cc(Br)c(=O)[nH]c1=O. The second-order valence-corrected chi connectivity index (χ2v) is 6.49. The molecule has 2 aliphatic rings. The zero-order valence-corrected chi connectivity index (χ0v) is 15.0. The fourth-order valence-corrected chi connectivity index (χ4v) is 3.18. The topological polar surface area (TPSA) is 143 Å². The van der Waals surface area contributed by atoms with Crippen LogP contribution in [-0.2, 0) is 33.3 Å². The summed E-state index contributed by atoms with van der Waals surface area (Å²) in [5.74, 6) is -2.28. The minimum atomic E-state index is -1.36. The maximum absolute atomic E-state index is 12.1. The number of halogens is 1. The molecule has 140 valence electrons. The smallest absolute Gasteiger partial charge is 0.350 e. The molecule has 2 fully saturated rings. The Labute approximate surface area is 153 Å². The lowest BCUT2D eigenvalue weighted by Crippen LogP contribution is -2.40. The summed E-state index contributed by atoms with van der Waals surface area (Å²) in [6.07, 6.45) is -4.76. The first-order valence-corrected chi connectivity index (χ1v) is 8.19. The standard InChI is InChI=1S/C14H13BrN2O9/c1-4(18)23-9-7-8(10(13(21)26-7)24-5(2)19)25-12(9)17-3-6(15)11(20)16-14(17)22/h3,7-10,12H,1-2H3,(H,16,20,22)/t7-,8+,9+,10+,12+/m1/s1. The average Bonchev–Trinajstić information content (AvgIpc) is 3.00. The molecular formula is C14H13BrN2O9. The number of aromatic amines is 1. The first-order chi connectivity index (χ1) is 12.2. The van der Waals surface area contributed by atoms with Gasteiger partial charge in [0, 0.05) is 20.0 Å². The van der Waals surface area contributed by atoms with E-state index < -0.39 is 59.8 Å². The van der Waals surface area contributed by atoms with Crippen molar-refractivity contribution in [2.24, 2.45) is 0 Å². The third kappa shape index (κ3) is 3.17. The number of nitrogens with zero attached hydrogens (tertiary/aromatic N) is 1. The molecule has 0 saturated carbocycles. The van der Waals surface area contributed by atoms with Gasteiger partial charge in [0.05, 0.1) is 4.47 Å². The van der Waals surface area contributed by atoms with Gasteiger partial charge in [0.25, 0.3) is 5.56 Å². The van der Waals surface area contributed by atoms with Crippen molar-refractivity contribution in [1.82, 2.24) is 9.55 Å². The van der Waals surface area contributed by atoms with Crippen LogP contribution >= 0.6 is 15.9 Å². The highest BCUT2D eigenvalue weighted by Gasteiger charge is 2.61. The van der Waals surface area contributed by atoms with E-state index in [1.807, 2.05) is 0 Å². The van der Waals surface area contributed by atoms with E-state index in [1.165, 1.54) is 0 Å². The second-order valence-electron chi connectivity index (χ2n) is 5.64. The molecule has 3 rings (SSSR count). The van der Waals surface area contributed by atoms with Crippen LogP contribution in [0.15, 0.2) is 20.3 Å². The molecule has 0 aromatic carbocycles. The quantitative estimate of drug-likeness (QED) is 0.468. The van der Waals surface area contributed by atoms with E-state index in [4.69, 9.17) is 18.9 Å². The number of esters is 3.